The van der Waals surface area contributed by atoms with Gasteiger partial charge in [-0.05, 0) is 40.9 Å². The first kappa shape index (κ1) is 12.8. The zero-order valence-electron chi connectivity index (χ0n) is 9.12. The number of hydrogen-bond donors (Lipinski definition) is 1. The van der Waals surface area contributed by atoms with Gasteiger partial charge in [0.25, 0.3) is 0 Å². The second-order valence-electron chi connectivity index (χ2n) is 4.17. The fourth-order valence-corrected chi connectivity index (χ4v) is 3.82. The van der Waals surface area contributed by atoms with Gasteiger partial charge in [-0.3, -0.25) is 0 Å². The Bertz CT molecular complexity index is 484. The van der Waals surface area contributed by atoms with Crippen LogP contribution in [-0.4, -0.2) is 26.0 Å². The van der Waals surface area contributed by atoms with Crippen LogP contribution in [-0.2, 0) is 9.84 Å². The smallest absolute Gasteiger partial charge is 0.150 e. The molecule has 1 N–H and O–H groups in total. The lowest BCUT2D eigenvalue weighted by molar-refractivity contribution is 0.556. The Balaban J connectivity index is 2.08. The summed E-state index contributed by atoms with van der Waals surface area (Å²) in [6.45, 7) is 0. The third kappa shape index (κ3) is 3.19. The first-order valence-corrected chi connectivity index (χ1v) is 8.00. The molecule has 1 aromatic carbocycles. The summed E-state index contributed by atoms with van der Waals surface area (Å²) in [5.41, 5.74) is 0.414. The van der Waals surface area contributed by atoms with Crippen molar-refractivity contribution in [3.05, 3.63) is 28.5 Å². The number of benzene rings is 1. The highest BCUT2D eigenvalue weighted by Crippen LogP contribution is 2.27. The molecule has 0 saturated carbocycles. The Morgan fingerprint density at radius 1 is 1.29 bits per heavy atom. The van der Waals surface area contributed by atoms with Crippen LogP contribution in [0.4, 0.5) is 10.1 Å². The van der Waals surface area contributed by atoms with Crippen LogP contribution >= 0.6 is 15.9 Å². The second-order valence-corrected chi connectivity index (χ2v) is 7.33. The molecule has 3 nitrogen and oxygen atoms in total. The van der Waals surface area contributed by atoms with Crippen molar-refractivity contribution >= 4 is 31.5 Å². The van der Waals surface area contributed by atoms with Gasteiger partial charge in [0.15, 0.2) is 0 Å². The van der Waals surface area contributed by atoms with Crippen molar-refractivity contribution in [3.8, 4) is 0 Å². The molecule has 1 heterocycles. The van der Waals surface area contributed by atoms with Crippen molar-refractivity contribution in [1.29, 1.82) is 0 Å². The van der Waals surface area contributed by atoms with Gasteiger partial charge in [-0.15, -0.1) is 0 Å². The van der Waals surface area contributed by atoms with Crippen molar-refractivity contribution in [2.24, 2.45) is 0 Å². The molecule has 1 fully saturated rings. The van der Waals surface area contributed by atoms with E-state index in [1.54, 1.807) is 12.1 Å². The molecule has 0 atom stereocenters. The van der Waals surface area contributed by atoms with E-state index in [1.807, 2.05) is 0 Å². The van der Waals surface area contributed by atoms with Crippen LogP contribution in [0.1, 0.15) is 12.8 Å². The standard InChI is InChI=1S/C11H13BrFNO2S/c12-9-2-1-3-10(13)11(9)14-8-4-6-17(15,16)7-5-8/h1-3,8,14H,4-7H2. The monoisotopic (exact) mass is 321 g/mol. The van der Waals surface area contributed by atoms with Crippen LogP contribution in [0.3, 0.4) is 0 Å². The number of sulfone groups is 1. The van der Waals surface area contributed by atoms with Gasteiger partial charge in [0.05, 0.1) is 17.2 Å². The molecule has 1 aromatic rings. The van der Waals surface area contributed by atoms with Gasteiger partial charge in [-0.25, -0.2) is 12.8 Å². The van der Waals surface area contributed by atoms with Crippen molar-refractivity contribution in [2.45, 2.75) is 18.9 Å². The second kappa shape index (κ2) is 4.94. The molecule has 1 saturated heterocycles. The van der Waals surface area contributed by atoms with Gasteiger partial charge in [0.1, 0.15) is 15.7 Å². The van der Waals surface area contributed by atoms with Gasteiger partial charge >= 0.3 is 0 Å². The van der Waals surface area contributed by atoms with E-state index < -0.39 is 9.84 Å². The van der Waals surface area contributed by atoms with E-state index in [-0.39, 0.29) is 23.4 Å². The van der Waals surface area contributed by atoms with Crippen LogP contribution in [0.2, 0.25) is 0 Å². The van der Waals surface area contributed by atoms with Crippen LogP contribution in [0.5, 0.6) is 0 Å². The summed E-state index contributed by atoms with van der Waals surface area (Å²) in [5.74, 6) is 0.0285. The summed E-state index contributed by atoms with van der Waals surface area (Å²) in [5, 5.41) is 3.07. The molecule has 0 radical (unpaired) electrons. The van der Waals surface area contributed by atoms with Crippen molar-refractivity contribution < 1.29 is 12.8 Å². The molecule has 1 aliphatic rings. The zero-order chi connectivity index (χ0) is 12.5. The molecule has 0 aromatic heterocycles. The minimum Gasteiger partial charge on any atom is -0.379 e. The maximum atomic E-state index is 13.5. The highest BCUT2D eigenvalue weighted by molar-refractivity contribution is 9.10. The number of anilines is 1. The quantitative estimate of drug-likeness (QED) is 0.910. The van der Waals surface area contributed by atoms with Gasteiger partial charge in [0, 0.05) is 10.5 Å². The van der Waals surface area contributed by atoms with E-state index in [2.05, 4.69) is 21.2 Å². The van der Waals surface area contributed by atoms with Crippen molar-refractivity contribution in [1.82, 2.24) is 0 Å². The maximum absolute atomic E-state index is 13.5. The number of halogens is 2. The van der Waals surface area contributed by atoms with Gasteiger partial charge < -0.3 is 5.32 Å². The third-order valence-corrected chi connectivity index (χ3v) is 5.24. The molecule has 0 bridgehead atoms. The van der Waals surface area contributed by atoms with Crippen LogP contribution < -0.4 is 5.32 Å². The fourth-order valence-electron chi connectivity index (χ4n) is 1.87. The summed E-state index contributed by atoms with van der Waals surface area (Å²) in [6.07, 6.45) is 1.06. The number of rotatable bonds is 2. The van der Waals surface area contributed by atoms with Gasteiger partial charge in [-0.1, -0.05) is 6.07 Å². The Labute approximate surface area is 108 Å². The fraction of sp³-hybridized carbons (Fsp3) is 0.455. The maximum Gasteiger partial charge on any atom is 0.150 e. The first-order chi connectivity index (χ1) is 7.98. The van der Waals surface area contributed by atoms with E-state index in [9.17, 15) is 12.8 Å². The minimum atomic E-state index is -2.87. The summed E-state index contributed by atoms with van der Waals surface area (Å²) >= 11 is 3.28. The van der Waals surface area contributed by atoms with Crippen molar-refractivity contribution in [2.75, 3.05) is 16.8 Å². The largest absolute Gasteiger partial charge is 0.379 e. The minimum absolute atomic E-state index is 0.0201. The lowest BCUT2D eigenvalue weighted by Gasteiger charge is -2.24. The average Bonchev–Trinajstić information content (AvgIpc) is 2.26. The normalized spacial score (nSPS) is 20.1. The molecule has 0 spiro atoms. The highest BCUT2D eigenvalue weighted by atomic mass is 79.9. The zero-order valence-corrected chi connectivity index (χ0v) is 11.5. The predicted molar refractivity (Wildman–Crippen MR) is 69.4 cm³/mol. The first-order valence-electron chi connectivity index (χ1n) is 5.39. The van der Waals surface area contributed by atoms with Crippen LogP contribution in [0.15, 0.2) is 22.7 Å². The summed E-state index contributed by atoms with van der Waals surface area (Å²) in [6, 6.07) is 4.78. The molecular formula is C11H13BrFNO2S. The number of para-hydroxylation sites is 1. The van der Waals surface area contributed by atoms with E-state index in [4.69, 9.17) is 0 Å². The predicted octanol–water partition coefficient (Wildman–Crippen LogP) is 2.58. The van der Waals surface area contributed by atoms with E-state index in [1.165, 1.54) is 6.07 Å². The van der Waals surface area contributed by atoms with Gasteiger partial charge in [0.2, 0.25) is 0 Å². The lowest BCUT2D eigenvalue weighted by Crippen LogP contribution is -2.32. The Morgan fingerprint density at radius 2 is 1.94 bits per heavy atom. The van der Waals surface area contributed by atoms with Crippen LogP contribution in [0.25, 0.3) is 0 Å². The lowest BCUT2D eigenvalue weighted by atomic mass is 10.1. The van der Waals surface area contributed by atoms with Crippen LogP contribution in [0, 0.1) is 5.82 Å². The molecule has 0 amide bonds. The number of hydrogen-bond acceptors (Lipinski definition) is 3. The molecule has 2 rings (SSSR count). The topological polar surface area (TPSA) is 46.2 Å². The van der Waals surface area contributed by atoms with Crippen molar-refractivity contribution in [3.63, 3.8) is 0 Å². The van der Waals surface area contributed by atoms with Gasteiger partial charge in [-0.2, -0.15) is 0 Å². The molecular weight excluding hydrogens is 309 g/mol. The Hall–Kier alpha value is -0.620. The molecule has 1 aliphatic heterocycles. The Kier molecular flexibility index (Phi) is 3.73. The summed E-state index contributed by atoms with van der Waals surface area (Å²) < 4.78 is 36.7. The molecule has 17 heavy (non-hydrogen) atoms. The number of nitrogens with one attached hydrogen (secondary N) is 1. The van der Waals surface area contributed by atoms with E-state index in [0.717, 1.165) is 0 Å². The highest BCUT2D eigenvalue weighted by Gasteiger charge is 2.24. The average molecular weight is 322 g/mol. The van der Waals surface area contributed by atoms with E-state index in [0.29, 0.717) is 23.0 Å². The van der Waals surface area contributed by atoms with E-state index >= 15 is 0 Å². The SMILES string of the molecule is O=S1(=O)CCC(Nc2c(F)cccc2Br)CC1. The molecule has 0 unspecified atom stereocenters. The Morgan fingerprint density at radius 3 is 2.53 bits per heavy atom. The molecule has 0 aliphatic carbocycles. The summed E-state index contributed by atoms with van der Waals surface area (Å²) in [4.78, 5) is 0. The molecule has 6 heteroatoms. The summed E-state index contributed by atoms with van der Waals surface area (Å²) in [7, 11) is -2.87. The molecule has 94 valence electrons. The third-order valence-electron chi connectivity index (χ3n) is 2.87.